The first-order valence-electron chi connectivity index (χ1n) is 8.44. The second-order valence-corrected chi connectivity index (χ2v) is 6.87. The van der Waals surface area contributed by atoms with Gasteiger partial charge in [-0.2, -0.15) is 0 Å². The molecule has 1 aliphatic carbocycles. The van der Waals surface area contributed by atoms with E-state index in [1.54, 1.807) is 5.69 Å². The highest BCUT2D eigenvalue weighted by Gasteiger charge is 2.17. The van der Waals surface area contributed by atoms with E-state index in [2.05, 4.69) is 27.4 Å². The fourth-order valence-corrected chi connectivity index (χ4v) is 3.68. The summed E-state index contributed by atoms with van der Waals surface area (Å²) < 4.78 is 2.50. The van der Waals surface area contributed by atoms with E-state index in [0.717, 1.165) is 5.33 Å². The van der Waals surface area contributed by atoms with Crippen LogP contribution >= 0.6 is 15.9 Å². The molecule has 0 atom stereocenters. The summed E-state index contributed by atoms with van der Waals surface area (Å²) in [5, 5.41) is 1.16. The van der Waals surface area contributed by atoms with Crippen LogP contribution in [0.15, 0.2) is 0 Å². The lowest BCUT2D eigenvalue weighted by molar-refractivity contribution is 0.527. The molecule has 0 unspecified atom stereocenters. The molecule has 0 fully saturated rings. The lowest BCUT2D eigenvalue weighted by Crippen LogP contribution is -2.09. The summed E-state index contributed by atoms with van der Waals surface area (Å²) in [6.45, 7) is 3.37. The Morgan fingerprint density at radius 2 is 1.60 bits per heavy atom. The Labute approximate surface area is 132 Å². The number of fused-ring (bicyclic) bond motifs is 1. The topological polar surface area (TPSA) is 17.8 Å². The molecular weight excluding hydrogens is 312 g/mol. The molecule has 0 aliphatic heterocycles. The lowest BCUT2D eigenvalue weighted by atomic mass is 10.0. The number of aryl methyl sites for hydroxylation is 2. The highest BCUT2D eigenvalue weighted by atomic mass is 79.9. The van der Waals surface area contributed by atoms with Crippen molar-refractivity contribution >= 4 is 15.9 Å². The van der Waals surface area contributed by atoms with Crippen molar-refractivity contribution in [2.45, 2.75) is 84.1 Å². The number of alkyl halides is 1. The van der Waals surface area contributed by atoms with Gasteiger partial charge < -0.3 is 4.57 Å². The molecule has 0 aromatic carbocycles. The van der Waals surface area contributed by atoms with E-state index in [0.29, 0.717) is 0 Å². The molecule has 1 aliphatic rings. The van der Waals surface area contributed by atoms with Crippen molar-refractivity contribution in [2.75, 3.05) is 5.33 Å². The standard InChI is InChI=1S/C17H29BrN2/c1-15-19-16-11-7-8-12-17(16)20(15)14-10-6-4-2-3-5-9-13-18/h2-14H2,1H3. The molecule has 2 nitrogen and oxygen atoms in total. The van der Waals surface area contributed by atoms with Gasteiger partial charge in [0.1, 0.15) is 5.82 Å². The normalized spacial score (nSPS) is 14.5. The maximum Gasteiger partial charge on any atom is 0.106 e. The summed E-state index contributed by atoms with van der Waals surface area (Å²) >= 11 is 3.49. The Morgan fingerprint density at radius 3 is 2.35 bits per heavy atom. The Kier molecular flexibility index (Phi) is 7.12. The van der Waals surface area contributed by atoms with Gasteiger partial charge in [-0.1, -0.05) is 48.0 Å². The summed E-state index contributed by atoms with van der Waals surface area (Å²) in [6, 6.07) is 0. The highest BCUT2D eigenvalue weighted by molar-refractivity contribution is 9.09. The molecule has 0 radical (unpaired) electrons. The minimum Gasteiger partial charge on any atom is -0.332 e. The fraction of sp³-hybridized carbons (Fsp3) is 0.824. The van der Waals surface area contributed by atoms with Gasteiger partial charge in [0.2, 0.25) is 0 Å². The molecule has 1 aromatic heterocycles. The predicted molar refractivity (Wildman–Crippen MR) is 89.7 cm³/mol. The predicted octanol–water partition coefficient (Wildman–Crippen LogP) is 5.20. The second kappa shape index (κ2) is 8.86. The number of nitrogens with zero attached hydrogens (tertiary/aromatic N) is 2. The number of hydrogen-bond acceptors (Lipinski definition) is 1. The van der Waals surface area contributed by atoms with Gasteiger partial charge in [0.05, 0.1) is 5.69 Å². The number of unbranched alkanes of at least 4 members (excludes halogenated alkanes) is 6. The van der Waals surface area contributed by atoms with Crippen LogP contribution in [0.3, 0.4) is 0 Å². The highest BCUT2D eigenvalue weighted by Crippen LogP contribution is 2.22. The van der Waals surface area contributed by atoms with Crippen molar-refractivity contribution in [3.63, 3.8) is 0 Å². The van der Waals surface area contributed by atoms with Gasteiger partial charge in [-0.15, -0.1) is 0 Å². The van der Waals surface area contributed by atoms with Gasteiger partial charge in [-0.25, -0.2) is 4.98 Å². The van der Waals surface area contributed by atoms with Crippen LogP contribution < -0.4 is 0 Å². The molecule has 0 bridgehead atoms. The molecule has 0 N–H and O–H groups in total. The summed E-state index contributed by atoms with van der Waals surface area (Å²) in [5.74, 6) is 1.24. The van der Waals surface area contributed by atoms with Crippen LogP contribution in [0, 0.1) is 6.92 Å². The van der Waals surface area contributed by atoms with Gasteiger partial charge in [-0.05, 0) is 45.4 Å². The molecule has 0 saturated carbocycles. The van der Waals surface area contributed by atoms with E-state index < -0.39 is 0 Å². The molecule has 0 spiro atoms. The van der Waals surface area contributed by atoms with Crippen molar-refractivity contribution in [1.29, 1.82) is 0 Å². The van der Waals surface area contributed by atoms with Gasteiger partial charge in [0.15, 0.2) is 0 Å². The third-order valence-corrected chi connectivity index (χ3v) is 5.00. The number of hydrogen-bond donors (Lipinski definition) is 0. The average molecular weight is 341 g/mol. The third-order valence-electron chi connectivity index (χ3n) is 4.44. The first kappa shape index (κ1) is 16.1. The van der Waals surface area contributed by atoms with E-state index >= 15 is 0 Å². The van der Waals surface area contributed by atoms with Crippen LogP contribution in [0.1, 0.15) is 75.0 Å². The molecule has 1 aromatic rings. The molecule has 114 valence electrons. The first-order chi connectivity index (χ1) is 9.83. The Bertz CT molecular complexity index is 398. The van der Waals surface area contributed by atoms with Gasteiger partial charge in [-0.3, -0.25) is 0 Å². The summed E-state index contributed by atoms with van der Waals surface area (Å²) in [5.41, 5.74) is 2.94. The van der Waals surface area contributed by atoms with Crippen LogP contribution in [-0.4, -0.2) is 14.9 Å². The lowest BCUT2D eigenvalue weighted by Gasteiger charge is -2.14. The van der Waals surface area contributed by atoms with Crippen molar-refractivity contribution in [1.82, 2.24) is 9.55 Å². The van der Waals surface area contributed by atoms with Crippen molar-refractivity contribution in [2.24, 2.45) is 0 Å². The van der Waals surface area contributed by atoms with Crippen LogP contribution in [0.5, 0.6) is 0 Å². The first-order valence-corrected chi connectivity index (χ1v) is 9.56. The molecule has 0 amide bonds. The summed E-state index contributed by atoms with van der Waals surface area (Å²) in [6.07, 6.45) is 14.8. The Hall–Kier alpha value is -0.310. The Balaban J connectivity index is 1.66. The monoisotopic (exact) mass is 340 g/mol. The van der Waals surface area contributed by atoms with E-state index in [1.165, 1.54) is 88.7 Å². The fourth-order valence-electron chi connectivity index (χ4n) is 3.28. The number of rotatable bonds is 9. The van der Waals surface area contributed by atoms with E-state index in [9.17, 15) is 0 Å². The molecule has 1 heterocycles. The minimum absolute atomic E-state index is 1.16. The zero-order chi connectivity index (χ0) is 14.2. The SMILES string of the molecule is Cc1nc2c(n1CCCCCCCCCBr)CCCC2. The van der Waals surface area contributed by atoms with Crippen molar-refractivity contribution in [3.05, 3.63) is 17.2 Å². The maximum absolute atomic E-state index is 4.76. The molecule has 3 heteroatoms. The van der Waals surface area contributed by atoms with Gasteiger partial charge in [0.25, 0.3) is 0 Å². The number of halogens is 1. The maximum atomic E-state index is 4.76. The zero-order valence-corrected chi connectivity index (χ0v) is 14.6. The second-order valence-electron chi connectivity index (χ2n) is 6.08. The molecular formula is C17H29BrN2. The van der Waals surface area contributed by atoms with E-state index in [1.807, 2.05) is 0 Å². The van der Waals surface area contributed by atoms with Crippen molar-refractivity contribution in [3.8, 4) is 0 Å². The van der Waals surface area contributed by atoms with Crippen LogP contribution in [0.4, 0.5) is 0 Å². The van der Waals surface area contributed by atoms with E-state index in [-0.39, 0.29) is 0 Å². The number of aromatic nitrogens is 2. The summed E-state index contributed by atoms with van der Waals surface area (Å²) in [4.78, 5) is 4.76. The Morgan fingerprint density at radius 1 is 0.950 bits per heavy atom. The average Bonchev–Trinajstić information content (AvgIpc) is 2.78. The van der Waals surface area contributed by atoms with Crippen LogP contribution in [0.25, 0.3) is 0 Å². The minimum atomic E-state index is 1.16. The van der Waals surface area contributed by atoms with Crippen molar-refractivity contribution < 1.29 is 0 Å². The molecule has 0 saturated heterocycles. The smallest absolute Gasteiger partial charge is 0.106 e. The quantitative estimate of drug-likeness (QED) is 0.446. The largest absolute Gasteiger partial charge is 0.332 e. The number of imidazole rings is 1. The molecule has 20 heavy (non-hydrogen) atoms. The summed E-state index contributed by atoms with van der Waals surface area (Å²) in [7, 11) is 0. The third kappa shape index (κ3) is 4.61. The van der Waals surface area contributed by atoms with E-state index in [4.69, 9.17) is 4.98 Å². The van der Waals surface area contributed by atoms with Gasteiger partial charge >= 0.3 is 0 Å². The molecule has 2 rings (SSSR count). The van der Waals surface area contributed by atoms with Gasteiger partial charge in [0, 0.05) is 17.6 Å². The zero-order valence-electron chi connectivity index (χ0n) is 13.0. The van der Waals surface area contributed by atoms with Crippen LogP contribution in [-0.2, 0) is 19.4 Å². The van der Waals surface area contributed by atoms with Crippen LogP contribution in [0.2, 0.25) is 0 Å².